The zero-order chi connectivity index (χ0) is 9.10. The molecule has 0 saturated heterocycles. The van der Waals surface area contributed by atoms with Gasteiger partial charge in [0, 0.05) is 18.1 Å². The summed E-state index contributed by atoms with van der Waals surface area (Å²) >= 11 is 2.03. The highest BCUT2D eigenvalue weighted by Gasteiger charge is 2.15. The summed E-state index contributed by atoms with van der Waals surface area (Å²) in [5, 5.41) is 9.19. The highest BCUT2D eigenvalue weighted by molar-refractivity contribution is 7.99. The van der Waals surface area contributed by atoms with E-state index in [-0.39, 0.29) is 0 Å². The van der Waals surface area contributed by atoms with E-state index in [1.165, 1.54) is 25.7 Å². The van der Waals surface area contributed by atoms with Crippen molar-refractivity contribution in [2.24, 2.45) is 7.05 Å². The lowest BCUT2D eigenvalue weighted by Gasteiger charge is -2.05. The van der Waals surface area contributed by atoms with Gasteiger partial charge in [0.15, 0.2) is 0 Å². The quantitative estimate of drug-likeness (QED) is 0.742. The molecule has 0 aliphatic heterocycles. The maximum atomic E-state index is 4.26. The number of aryl methyl sites for hydroxylation is 1. The molecule has 13 heavy (non-hydrogen) atoms. The smallest absolute Gasteiger partial charge is 0.0925 e. The van der Waals surface area contributed by atoms with Gasteiger partial charge in [-0.2, -0.15) is 26.8 Å². The minimum Gasteiger partial charge on any atom is -0.188 e. The van der Waals surface area contributed by atoms with E-state index in [0.717, 1.165) is 16.7 Å². The zero-order valence-electron chi connectivity index (χ0n) is 7.94. The third-order valence-electron chi connectivity index (χ3n) is 2.42. The summed E-state index contributed by atoms with van der Waals surface area (Å²) in [5.41, 5.74) is 1.11. The lowest BCUT2D eigenvalue weighted by molar-refractivity contribution is 0.649. The van der Waals surface area contributed by atoms with Crippen LogP contribution in [0.5, 0.6) is 0 Å². The van der Waals surface area contributed by atoms with Crippen LogP contribution >= 0.6 is 11.8 Å². The Kier molecular flexibility index (Phi) is 2.88. The fraction of sp³-hybridized carbons (Fsp3) is 0.778. The first-order valence-corrected chi connectivity index (χ1v) is 5.86. The second kappa shape index (κ2) is 4.13. The number of nitrogens with zero attached hydrogens (tertiary/aromatic N) is 3. The molecule has 0 bridgehead atoms. The van der Waals surface area contributed by atoms with Crippen molar-refractivity contribution in [2.45, 2.75) is 36.7 Å². The van der Waals surface area contributed by atoms with Gasteiger partial charge in [-0.25, -0.2) is 0 Å². The fourth-order valence-corrected chi connectivity index (χ4v) is 2.92. The Morgan fingerprint density at radius 3 is 2.92 bits per heavy atom. The Morgan fingerprint density at radius 2 is 2.31 bits per heavy atom. The maximum absolute atomic E-state index is 4.26. The monoisotopic (exact) mass is 197 g/mol. The predicted octanol–water partition coefficient (Wildman–Crippen LogP) is 1.99. The van der Waals surface area contributed by atoms with E-state index in [1.807, 2.05) is 25.0 Å². The van der Waals surface area contributed by atoms with Crippen LogP contribution in [-0.4, -0.2) is 20.2 Å². The third kappa shape index (κ3) is 2.46. The molecule has 72 valence electrons. The van der Waals surface area contributed by atoms with Crippen molar-refractivity contribution in [1.82, 2.24) is 15.0 Å². The summed E-state index contributed by atoms with van der Waals surface area (Å²) in [6.07, 6.45) is 7.48. The number of thioether (sulfide) groups is 1. The molecule has 2 rings (SSSR count). The van der Waals surface area contributed by atoms with Crippen LogP contribution in [0.15, 0.2) is 6.20 Å². The first-order valence-electron chi connectivity index (χ1n) is 4.81. The van der Waals surface area contributed by atoms with Gasteiger partial charge in [-0.1, -0.05) is 12.8 Å². The molecular weight excluding hydrogens is 182 g/mol. The Morgan fingerprint density at radius 1 is 1.54 bits per heavy atom. The van der Waals surface area contributed by atoms with Crippen LogP contribution in [0.3, 0.4) is 0 Å². The molecule has 1 aromatic rings. The second-order valence-electron chi connectivity index (χ2n) is 3.54. The molecular formula is C9H15N3S. The number of hydrogen-bond acceptors (Lipinski definition) is 3. The van der Waals surface area contributed by atoms with Crippen molar-refractivity contribution < 1.29 is 0 Å². The Bertz CT molecular complexity index is 266. The lowest BCUT2D eigenvalue weighted by Crippen LogP contribution is -1.96. The first-order chi connectivity index (χ1) is 6.34. The van der Waals surface area contributed by atoms with Gasteiger partial charge in [0.05, 0.1) is 11.9 Å². The average molecular weight is 197 g/mol. The molecule has 1 saturated carbocycles. The molecule has 1 heterocycles. The third-order valence-corrected chi connectivity index (χ3v) is 3.82. The highest BCUT2D eigenvalue weighted by Crippen LogP contribution is 2.30. The molecule has 0 atom stereocenters. The summed E-state index contributed by atoms with van der Waals surface area (Å²) < 4.78 is 0. The molecule has 4 heteroatoms. The van der Waals surface area contributed by atoms with Crippen LogP contribution in [0.4, 0.5) is 0 Å². The molecule has 0 aromatic carbocycles. The van der Waals surface area contributed by atoms with Crippen LogP contribution in [-0.2, 0) is 12.8 Å². The van der Waals surface area contributed by atoms with Gasteiger partial charge in [-0.3, -0.25) is 0 Å². The lowest BCUT2D eigenvalue weighted by atomic mass is 10.4. The van der Waals surface area contributed by atoms with Crippen LogP contribution in [0, 0.1) is 0 Å². The van der Waals surface area contributed by atoms with Crippen molar-refractivity contribution in [3.63, 3.8) is 0 Å². The fourth-order valence-electron chi connectivity index (χ4n) is 1.71. The van der Waals surface area contributed by atoms with Gasteiger partial charge in [0.25, 0.3) is 0 Å². The SMILES string of the molecule is Cn1ncc(CSC2CCCC2)n1. The average Bonchev–Trinajstić information content (AvgIpc) is 2.71. The van der Waals surface area contributed by atoms with Crippen molar-refractivity contribution in [2.75, 3.05) is 0 Å². The molecule has 1 aliphatic rings. The summed E-state index contributed by atoms with van der Waals surface area (Å²) in [5.74, 6) is 1.03. The minimum atomic E-state index is 0.877. The van der Waals surface area contributed by atoms with E-state index in [4.69, 9.17) is 0 Å². The molecule has 1 aliphatic carbocycles. The van der Waals surface area contributed by atoms with Crippen LogP contribution < -0.4 is 0 Å². The molecule has 1 aromatic heterocycles. The van der Waals surface area contributed by atoms with E-state index in [0.29, 0.717) is 0 Å². The first kappa shape index (κ1) is 9.06. The normalized spacial score (nSPS) is 18.2. The molecule has 0 radical (unpaired) electrons. The van der Waals surface area contributed by atoms with Crippen molar-refractivity contribution in [1.29, 1.82) is 0 Å². The van der Waals surface area contributed by atoms with Gasteiger partial charge < -0.3 is 0 Å². The van der Waals surface area contributed by atoms with Gasteiger partial charge in [-0.15, -0.1) is 0 Å². The molecule has 0 N–H and O–H groups in total. The largest absolute Gasteiger partial charge is 0.188 e. The topological polar surface area (TPSA) is 30.7 Å². The van der Waals surface area contributed by atoms with E-state index in [9.17, 15) is 0 Å². The van der Waals surface area contributed by atoms with E-state index < -0.39 is 0 Å². The van der Waals surface area contributed by atoms with Crippen molar-refractivity contribution >= 4 is 11.8 Å². The van der Waals surface area contributed by atoms with Crippen LogP contribution in [0.2, 0.25) is 0 Å². The Balaban J connectivity index is 1.78. The number of hydrogen-bond donors (Lipinski definition) is 0. The van der Waals surface area contributed by atoms with Gasteiger partial charge in [0.1, 0.15) is 0 Å². The van der Waals surface area contributed by atoms with Crippen LogP contribution in [0.25, 0.3) is 0 Å². The van der Waals surface area contributed by atoms with E-state index in [1.54, 1.807) is 4.80 Å². The number of rotatable bonds is 3. The molecule has 0 spiro atoms. The minimum absolute atomic E-state index is 0.877. The summed E-state index contributed by atoms with van der Waals surface area (Å²) in [6.45, 7) is 0. The highest BCUT2D eigenvalue weighted by atomic mass is 32.2. The van der Waals surface area contributed by atoms with Gasteiger partial charge >= 0.3 is 0 Å². The van der Waals surface area contributed by atoms with Gasteiger partial charge in [0.2, 0.25) is 0 Å². The molecule has 3 nitrogen and oxygen atoms in total. The van der Waals surface area contributed by atoms with E-state index >= 15 is 0 Å². The summed E-state index contributed by atoms with van der Waals surface area (Å²) in [7, 11) is 1.86. The Labute approximate surface area is 82.9 Å². The van der Waals surface area contributed by atoms with Crippen LogP contribution in [0.1, 0.15) is 31.4 Å². The maximum Gasteiger partial charge on any atom is 0.0925 e. The Hall–Kier alpha value is -0.510. The van der Waals surface area contributed by atoms with E-state index in [2.05, 4.69) is 10.2 Å². The summed E-state index contributed by atoms with van der Waals surface area (Å²) in [4.78, 5) is 1.63. The van der Waals surface area contributed by atoms with Gasteiger partial charge in [-0.05, 0) is 12.8 Å². The van der Waals surface area contributed by atoms with Crippen molar-refractivity contribution in [3.05, 3.63) is 11.9 Å². The zero-order valence-corrected chi connectivity index (χ0v) is 8.76. The molecule has 1 fully saturated rings. The predicted molar refractivity (Wildman–Crippen MR) is 54.6 cm³/mol. The molecule has 0 amide bonds. The van der Waals surface area contributed by atoms with Crippen molar-refractivity contribution in [3.8, 4) is 0 Å². The molecule has 0 unspecified atom stereocenters. The second-order valence-corrected chi connectivity index (χ2v) is 4.83. The number of aromatic nitrogens is 3. The standard InChI is InChI=1S/C9H15N3S/c1-12-10-6-8(11-12)7-13-9-4-2-3-5-9/h6,9H,2-5,7H2,1H3. The summed E-state index contributed by atoms with van der Waals surface area (Å²) in [6, 6.07) is 0.